The standard InChI is InChI=1S/C28H21ClN2O2S/c29-23-9-3-1-7-20(23)17-27(32)30-22-15-13-19(14-16-22)28(33)31-18-21-8-2-5-11-25(21)34-26-12-6-4-10-24(26)31/h1-16H,17-18H2,(H,30,32). The molecule has 1 aliphatic heterocycles. The van der Waals surface area contributed by atoms with Crippen LogP contribution in [0.2, 0.25) is 5.02 Å². The van der Waals surface area contributed by atoms with E-state index in [0.717, 1.165) is 26.6 Å². The van der Waals surface area contributed by atoms with Gasteiger partial charge in [0.2, 0.25) is 5.91 Å². The third-order valence-corrected chi connectivity index (χ3v) is 7.20. The van der Waals surface area contributed by atoms with Gasteiger partial charge in [0.15, 0.2) is 0 Å². The lowest BCUT2D eigenvalue weighted by molar-refractivity contribution is -0.115. The number of hydrogen-bond donors (Lipinski definition) is 1. The largest absolute Gasteiger partial charge is 0.326 e. The Bertz CT molecular complexity index is 1370. The molecule has 6 heteroatoms. The first-order valence-electron chi connectivity index (χ1n) is 10.9. The molecular weight excluding hydrogens is 464 g/mol. The van der Waals surface area contributed by atoms with Crippen molar-refractivity contribution in [1.82, 2.24) is 0 Å². The second-order valence-electron chi connectivity index (χ2n) is 7.96. The van der Waals surface area contributed by atoms with E-state index in [1.807, 2.05) is 59.5 Å². The van der Waals surface area contributed by atoms with Gasteiger partial charge in [-0.15, -0.1) is 0 Å². The molecule has 0 aliphatic carbocycles. The smallest absolute Gasteiger partial charge is 0.258 e. The van der Waals surface area contributed by atoms with Crippen molar-refractivity contribution < 1.29 is 9.59 Å². The van der Waals surface area contributed by atoms with E-state index >= 15 is 0 Å². The van der Waals surface area contributed by atoms with Crippen molar-refractivity contribution in [2.75, 3.05) is 10.2 Å². The molecule has 0 aromatic heterocycles. The molecule has 5 rings (SSSR count). The highest BCUT2D eigenvalue weighted by atomic mass is 35.5. The van der Waals surface area contributed by atoms with Crippen LogP contribution in [-0.2, 0) is 17.8 Å². The van der Waals surface area contributed by atoms with Crippen LogP contribution in [0, 0.1) is 0 Å². The highest BCUT2D eigenvalue weighted by Crippen LogP contribution is 2.41. The van der Waals surface area contributed by atoms with E-state index in [4.69, 9.17) is 11.6 Å². The summed E-state index contributed by atoms with van der Waals surface area (Å²) in [7, 11) is 0. The summed E-state index contributed by atoms with van der Waals surface area (Å²) < 4.78 is 0. The van der Waals surface area contributed by atoms with Crippen molar-refractivity contribution in [2.24, 2.45) is 0 Å². The molecule has 34 heavy (non-hydrogen) atoms. The number of halogens is 1. The lowest BCUT2D eigenvalue weighted by atomic mass is 10.1. The Hall–Kier alpha value is -3.54. The van der Waals surface area contributed by atoms with Crippen LogP contribution in [0.15, 0.2) is 107 Å². The summed E-state index contributed by atoms with van der Waals surface area (Å²) in [4.78, 5) is 30.0. The number of carbonyl (C=O) groups excluding carboxylic acids is 2. The number of para-hydroxylation sites is 1. The molecule has 1 aliphatic rings. The first kappa shape index (κ1) is 22.3. The zero-order valence-corrected chi connectivity index (χ0v) is 19.8. The summed E-state index contributed by atoms with van der Waals surface area (Å²) in [5.41, 5.74) is 3.96. The number of carbonyl (C=O) groups is 2. The minimum absolute atomic E-state index is 0.0845. The summed E-state index contributed by atoms with van der Waals surface area (Å²) in [6.45, 7) is 0.495. The maximum Gasteiger partial charge on any atom is 0.258 e. The minimum Gasteiger partial charge on any atom is -0.326 e. The van der Waals surface area contributed by atoms with Gasteiger partial charge in [0, 0.05) is 26.1 Å². The number of hydrogen-bond acceptors (Lipinski definition) is 3. The van der Waals surface area contributed by atoms with E-state index in [1.54, 1.807) is 42.1 Å². The van der Waals surface area contributed by atoms with Gasteiger partial charge in [-0.05, 0) is 59.7 Å². The molecule has 0 fully saturated rings. The predicted octanol–water partition coefficient (Wildman–Crippen LogP) is 6.83. The SMILES string of the molecule is O=C(Cc1ccccc1Cl)Nc1ccc(C(=O)N2Cc3ccccc3Sc3ccccc32)cc1. The number of amides is 2. The molecular formula is C28H21ClN2O2S. The Balaban J connectivity index is 1.35. The Kier molecular flexibility index (Phi) is 6.39. The molecule has 0 spiro atoms. The predicted molar refractivity (Wildman–Crippen MR) is 138 cm³/mol. The Labute approximate surface area is 207 Å². The van der Waals surface area contributed by atoms with Crippen molar-refractivity contribution in [2.45, 2.75) is 22.8 Å². The van der Waals surface area contributed by atoms with Crippen LogP contribution >= 0.6 is 23.4 Å². The average molecular weight is 485 g/mol. The highest BCUT2D eigenvalue weighted by molar-refractivity contribution is 7.99. The van der Waals surface area contributed by atoms with Gasteiger partial charge in [-0.3, -0.25) is 9.59 Å². The van der Waals surface area contributed by atoms with Gasteiger partial charge in [-0.1, -0.05) is 71.9 Å². The first-order valence-corrected chi connectivity index (χ1v) is 12.1. The summed E-state index contributed by atoms with van der Waals surface area (Å²) in [6.07, 6.45) is 0.183. The fraction of sp³-hybridized carbons (Fsp3) is 0.0714. The number of benzene rings is 4. The fourth-order valence-electron chi connectivity index (χ4n) is 3.93. The van der Waals surface area contributed by atoms with Crippen LogP contribution in [0.3, 0.4) is 0 Å². The molecule has 0 unspecified atom stereocenters. The highest BCUT2D eigenvalue weighted by Gasteiger charge is 2.25. The van der Waals surface area contributed by atoms with E-state index < -0.39 is 0 Å². The van der Waals surface area contributed by atoms with Crippen LogP contribution < -0.4 is 10.2 Å². The summed E-state index contributed by atoms with van der Waals surface area (Å²) in [6, 6.07) is 30.4. The van der Waals surface area contributed by atoms with Crippen molar-refractivity contribution in [3.8, 4) is 0 Å². The van der Waals surface area contributed by atoms with Gasteiger partial charge in [0.25, 0.3) is 5.91 Å². The van der Waals surface area contributed by atoms with Crippen molar-refractivity contribution >= 4 is 46.6 Å². The number of nitrogens with one attached hydrogen (secondary N) is 1. The van der Waals surface area contributed by atoms with Crippen LogP contribution in [0.25, 0.3) is 0 Å². The minimum atomic E-state index is -0.165. The third kappa shape index (κ3) is 4.72. The number of fused-ring (bicyclic) bond motifs is 2. The van der Waals surface area contributed by atoms with Gasteiger partial charge in [-0.25, -0.2) is 0 Å². The van der Waals surface area contributed by atoms with Crippen LogP contribution in [0.1, 0.15) is 21.5 Å². The van der Waals surface area contributed by atoms with Gasteiger partial charge in [0.05, 0.1) is 18.7 Å². The third-order valence-electron chi connectivity index (χ3n) is 5.65. The monoisotopic (exact) mass is 484 g/mol. The van der Waals surface area contributed by atoms with Crippen molar-refractivity contribution in [1.29, 1.82) is 0 Å². The summed E-state index contributed by atoms with van der Waals surface area (Å²) >= 11 is 7.84. The fourth-order valence-corrected chi connectivity index (χ4v) is 5.21. The van der Waals surface area contributed by atoms with E-state index in [9.17, 15) is 9.59 Å². The molecule has 0 saturated carbocycles. The summed E-state index contributed by atoms with van der Waals surface area (Å²) in [5.74, 6) is -0.249. The molecule has 4 nitrogen and oxygen atoms in total. The lowest BCUT2D eigenvalue weighted by Crippen LogP contribution is -2.30. The molecule has 1 N–H and O–H groups in total. The Morgan fingerprint density at radius 3 is 2.29 bits per heavy atom. The molecule has 2 amide bonds. The van der Waals surface area contributed by atoms with Crippen molar-refractivity contribution in [3.63, 3.8) is 0 Å². The molecule has 0 bridgehead atoms. The molecule has 168 valence electrons. The lowest BCUT2D eigenvalue weighted by Gasteiger charge is -2.23. The maximum atomic E-state index is 13.6. The zero-order valence-electron chi connectivity index (χ0n) is 18.2. The second kappa shape index (κ2) is 9.75. The van der Waals surface area contributed by atoms with Crippen molar-refractivity contribution in [3.05, 3.63) is 119 Å². The second-order valence-corrected chi connectivity index (χ2v) is 9.45. The summed E-state index contributed by atoms with van der Waals surface area (Å²) in [5, 5.41) is 3.44. The Morgan fingerprint density at radius 2 is 1.50 bits per heavy atom. The van der Waals surface area contributed by atoms with Gasteiger partial charge >= 0.3 is 0 Å². The zero-order chi connectivity index (χ0) is 23.5. The molecule has 0 saturated heterocycles. The van der Waals surface area contributed by atoms with E-state index in [-0.39, 0.29) is 18.2 Å². The van der Waals surface area contributed by atoms with Gasteiger partial charge in [0.1, 0.15) is 0 Å². The first-order chi connectivity index (χ1) is 16.6. The average Bonchev–Trinajstić information content (AvgIpc) is 3.02. The molecule has 4 aromatic rings. The maximum absolute atomic E-state index is 13.6. The van der Waals surface area contributed by atoms with E-state index in [1.165, 1.54) is 0 Å². The van der Waals surface area contributed by atoms with E-state index in [0.29, 0.717) is 22.8 Å². The van der Waals surface area contributed by atoms with Crippen LogP contribution in [0.4, 0.5) is 11.4 Å². The molecule has 4 aromatic carbocycles. The Morgan fingerprint density at radius 1 is 0.824 bits per heavy atom. The quantitative estimate of drug-likeness (QED) is 0.345. The number of rotatable bonds is 4. The molecule has 1 heterocycles. The van der Waals surface area contributed by atoms with Crippen LogP contribution in [0.5, 0.6) is 0 Å². The van der Waals surface area contributed by atoms with Gasteiger partial charge < -0.3 is 10.2 Å². The number of nitrogens with zero attached hydrogens (tertiary/aromatic N) is 1. The molecule has 0 radical (unpaired) electrons. The topological polar surface area (TPSA) is 49.4 Å². The van der Waals surface area contributed by atoms with E-state index in [2.05, 4.69) is 17.4 Å². The van der Waals surface area contributed by atoms with Crippen LogP contribution in [-0.4, -0.2) is 11.8 Å². The molecule has 0 atom stereocenters. The number of anilines is 2. The van der Waals surface area contributed by atoms with Gasteiger partial charge in [-0.2, -0.15) is 0 Å². The normalized spacial score (nSPS) is 12.3.